The molecule has 3 heterocycles. The predicted octanol–water partition coefficient (Wildman–Crippen LogP) is 1.47. The first-order valence-corrected chi connectivity index (χ1v) is 6.92. The van der Waals surface area contributed by atoms with Crippen LogP contribution in [0.5, 0.6) is 0 Å². The number of fused-ring (bicyclic) bond motifs is 1. The van der Waals surface area contributed by atoms with Crippen molar-refractivity contribution < 1.29 is 4.79 Å². The van der Waals surface area contributed by atoms with Crippen LogP contribution in [0, 0.1) is 6.92 Å². The number of hydrogen-bond donors (Lipinski definition) is 1. The van der Waals surface area contributed by atoms with Crippen molar-refractivity contribution >= 4 is 17.4 Å². The Morgan fingerprint density at radius 1 is 1.36 bits per heavy atom. The fourth-order valence-electron chi connectivity index (χ4n) is 2.26. The SMILES string of the molecule is CCn1nc(NC(=O)c2cnc3ccccn3c2=O)cc1C. The van der Waals surface area contributed by atoms with E-state index in [0.29, 0.717) is 18.0 Å². The Bertz CT molecular complexity index is 910. The van der Waals surface area contributed by atoms with E-state index in [1.54, 1.807) is 35.1 Å². The van der Waals surface area contributed by atoms with E-state index in [-0.39, 0.29) is 5.56 Å². The van der Waals surface area contributed by atoms with Gasteiger partial charge in [0, 0.05) is 30.7 Å². The maximum Gasteiger partial charge on any atom is 0.270 e. The molecular weight excluding hydrogens is 282 g/mol. The standard InChI is InChI=1S/C15H15N5O2/c1-3-20-10(2)8-12(18-20)17-14(21)11-9-16-13-6-4-5-7-19(13)15(11)22/h4-9H,3H2,1-2H3,(H,17,18,21). The average Bonchev–Trinajstić information content (AvgIpc) is 2.87. The zero-order valence-electron chi connectivity index (χ0n) is 12.3. The minimum Gasteiger partial charge on any atom is -0.305 e. The topological polar surface area (TPSA) is 81.3 Å². The molecule has 1 N–H and O–H groups in total. The van der Waals surface area contributed by atoms with Crippen molar-refractivity contribution in [1.82, 2.24) is 19.2 Å². The molecule has 3 aromatic rings. The quantitative estimate of drug-likeness (QED) is 0.793. The molecule has 112 valence electrons. The van der Waals surface area contributed by atoms with E-state index >= 15 is 0 Å². The lowest BCUT2D eigenvalue weighted by molar-refractivity contribution is 0.102. The number of carbonyl (C=O) groups excluding carboxylic acids is 1. The van der Waals surface area contributed by atoms with Crippen molar-refractivity contribution in [3.63, 3.8) is 0 Å². The van der Waals surface area contributed by atoms with Gasteiger partial charge in [-0.2, -0.15) is 5.10 Å². The van der Waals surface area contributed by atoms with Crippen LogP contribution in [0.4, 0.5) is 5.82 Å². The highest BCUT2D eigenvalue weighted by Crippen LogP contribution is 2.09. The maximum atomic E-state index is 12.3. The molecule has 0 bridgehead atoms. The van der Waals surface area contributed by atoms with Gasteiger partial charge >= 0.3 is 0 Å². The van der Waals surface area contributed by atoms with Crippen molar-refractivity contribution in [2.24, 2.45) is 0 Å². The second-order valence-corrected chi connectivity index (χ2v) is 4.85. The Hall–Kier alpha value is -2.96. The summed E-state index contributed by atoms with van der Waals surface area (Å²) in [6.07, 6.45) is 2.87. The molecule has 1 amide bonds. The first-order chi connectivity index (χ1) is 10.6. The molecular formula is C15H15N5O2. The summed E-state index contributed by atoms with van der Waals surface area (Å²) < 4.78 is 3.10. The monoisotopic (exact) mass is 297 g/mol. The third-order valence-electron chi connectivity index (χ3n) is 3.38. The molecule has 3 aromatic heterocycles. The molecule has 0 saturated heterocycles. The van der Waals surface area contributed by atoms with Gasteiger partial charge in [-0.15, -0.1) is 0 Å². The highest BCUT2D eigenvalue weighted by atomic mass is 16.2. The molecule has 0 spiro atoms. The van der Waals surface area contributed by atoms with Gasteiger partial charge in [-0.3, -0.25) is 18.7 Å². The van der Waals surface area contributed by atoms with Gasteiger partial charge < -0.3 is 5.32 Å². The van der Waals surface area contributed by atoms with Crippen LogP contribution < -0.4 is 10.9 Å². The smallest absolute Gasteiger partial charge is 0.270 e. The van der Waals surface area contributed by atoms with E-state index in [2.05, 4.69) is 15.4 Å². The molecule has 7 nitrogen and oxygen atoms in total. The van der Waals surface area contributed by atoms with Crippen molar-refractivity contribution in [2.75, 3.05) is 5.32 Å². The predicted molar refractivity (Wildman–Crippen MR) is 82.1 cm³/mol. The van der Waals surface area contributed by atoms with Crippen LogP contribution in [0.15, 0.2) is 41.5 Å². The minimum absolute atomic E-state index is 0.0209. The molecule has 0 unspecified atom stereocenters. The Balaban J connectivity index is 1.95. The molecule has 0 saturated carbocycles. The molecule has 0 atom stereocenters. The lowest BCUT2D eigenvalue weighted by Crippen LogP contribution is -2.26. The summed E-state index contributed by atoms with van der Waals surface area (Å²) in [4.78, 5) is 28.7. The normalized spacial score (nSPS) is 10.8. The second-order valence-electron chi connectivity index (χ2n) is 4.85. The molecule has 7 heteroatoms. The summed E-state index contributed by atoms with van der Waals surface area (Å²) in [5, 5.41) is 6.88. The number of rotatable bonds is 3. The molecule has 0 aliphatic heterocycles. The van der Waals surface area contributed by atoms with E-state index in [4.69, 9.17) is 0 Å². The molecule has 0 fully saturated rings. The number of nitrogens with zero attached hydrogens (tertiary/aromatic N) is 4. The number of carbonyl (C=O) groups is 1. The molecule has 3 rings (SSSR count). The molecule has 0 radical (unpaired) electrons. The number of hydrogen-bond acceptors (Lipinski definition) is 4. The highest BCUT2D eigenvalue weighted by molar-refractivity contribution is 6.03. The van der Waals surface area contributed by atoms with E-state index in [1.165, 1.54) is 10.6 Å². The van der Waals surface area contributed by atoms with Crippen LogP contribution in [0.3, 0.4) is 0 Å². The van der Waals surface area contributed by atoms with Crippen molar-refractivity contribution in [2.45, 2.75) is 20.4 Å². The lowest BCUT2D eigenvalue weighted by atomic mass is 10.3. The van der Waals surface area contributed by atoms with Gasteiger partial charge in [-0.25, -0.2) is 4.98 Å². The van der Waals surface area contributed by atoms with Gasteiger partial charge in [0.05, 0.1) is 0 Å². The van der Waals surface area contributed by atoms with Crippen molar-refractivity contribution in [3.05, 3.63) is 58.3 Å². The molecule has 0 aliphatic carbocycles. The summed E-state index contributed by atoms with van der Waals surface area (Å²) in [6.45, 7) is 4.58. The number of aromatic nitrogens is 4. The van der Waals surface area contributed by atoms with Crippen LogP contribution in [0.1, 0.15) is 23.0 Å². The first-order valence-electron chi connectivity index (χ1n) is 6.92. The number of amides is 1. The first kappa shape index (κ1) is 14.0. The van der Waals surface area contributed by atoms with Gasteiger partial charge in [0.1, 0.15) is 11.2 Å². The van der Waals surface area contributed by atoms with Gasteiger partial charge in [-0.1, -0.05) is 6.07 Å². The summed E-state index contributed by atoms with van der Waals surface area (Å²) in [5.41, 5.74) is 1.00. The van der Waals surface area contributed by atoms with E-state index < -0.39 is 11.5 Å². The molecule has 0 aliphatic rings. The van der Waals surface area contributed by atoms with Crippen LogP contribution in [0.25, 0.3) is 5.65 Å². The Labute approximate surface area is 126 Å². The number of nitrogens with one attached hydrogen (secondary N) is 1. The van der Waals surface area contributed by atoms with Gasteiger partial charge in [0.15, 0.2) is 5.82 Å². The van der Waals surface area contributed by atoms with Gasteiger partial charge in [0.2, 0.25) is 0 Å². The second kappa shape index (κ2) is 5.44. The summed E-state index contributed by atoms with van der Waals surface area (Å²) in [6, 6.07) is 6.95. The number of pyridine rings is 1. The largest absolute Gasteiger partial charge is 0.305 e. The number of anilines is 1. The fourth-order valence-corrected chi connectivity index (χ4v) is 2.26. The third-order valence-corrected chi connectivity index (χ3v) is 3.38. The molecule has 0 aromatic carbocycles. The van der Waals surface area contributed by atoms with Crippen LogP contribution in [-0.2, 0) is 6.54 Å². The third kappa shape index (κ3) is 2.37. The lowest BCUT2D eigenvalue weighted by Gasteiger charge is -2.04. The van der Waals surface area contributed by atoms with Crippen LogP contribution >= 0.6 is 0 Å². The van der Waals surface area contributed by atoms with E-state index in [9.17, 15) is 9.59 Å². The highest BCUT2D eigenvalue weighted by Gasteiger charge is 2.15. The number of aryl methyl sites for hydroxylation is 2. The Morgan fingerprint density at radius 3 is 2.91 bits per heavy atom. The van der Waals surface area contributed by atoms with E-state index in [0.717, 1.165) is 5.69 Å². The fraction of sp³-hybridized carbons (Fsp3) is 0.200. The Morgan fingerprint density at radius 2 is 2.18 bits per heavy atom. The average molecular weight is 297 g/mol. The van der Waals surface area contributed by atoms with Gasteiger partial charge in [0.25, 0.3) is 11.5 Å². The van der Waals surface area contributed by atoms with Crippen LogP contribution in [-0.4, -0.2) is 25.1 Å². The van der Waals surface area contributed by atoms with E-state index in [1.807, 2.05) is 13.8 Å². The maximum absolute atomic E-state index is 12.3. The zero-order chi connectivity index (χ0) is 15.7. The summed E-state index contributed by atoms with van der Waals surface area (Å²) in [5.74, 6) is -0.0987. The van der Waals surface area contributed by atoms with Crippen molar-refractivity contribution in [3.8, 4) is 0 Å². The summed E-state index contributed by atoms with van der Waals surface area (Å²) in [7, 11) is 0. The Kier molecular flexibility index (Phi) is 3.46. The van der Waals surface area contributed by atoms with Gasteiger partial charge in [-0.05, 0) is 26.0 Å². The summed E-state index contributed by atoms with van der Waals surface area (Å²) >= 11 is 0. The minimum atomic E-state index is -0.517. The zero-order valence-corrected chi connectivity index (χ0v) is 12.3. The van der Waals surface area contributed by atoms with Crippen LogP contribution in [0.2, 0.25) is 0 Å². The van der Waals surface area contributed by atoms with Crippen molar-refractivity contribution in [1.29, 1.82) is 0 Å². The molecule has 22 heavy (non-hydrogen) atoms.